The smallest absolute Gasteiger partial charge is 0.257 e. The lowest BCUT2D eigenvalue weighted by Gasteiger charge is -2.17. The predicted octanol–water partition coefficient (Wildman–Crippen LogP) is 2.27. The first-order valence-electron chi connectivity index (χ1n) is 4.25. The molecule has 1 unspecified atom stereocenters. The summed E-state index contributed by atoms with van der Waals surface area (Å²) >= 11 is 0. The molecule has 0 amide bonds. The van der Waals surface area contributed by atoms with Crippen molar-refractivity contribution in [2.24, 2.45) is 5.73 Å². The van der Waals surface area contributed by atoms with Gasteiger partial charge in [0.2, 0.25) is 0 Å². The van der Waals surface area contributed by atoms with Crippen molar-refractivity contribution >= 4 is 0 Å². The predicted molar refractivity (Wildman–Crippen MR) is 50.7 cm³/mol. The molecular formula is C10H13F2NO. The molecule has 0 heterocycles. The highest BCUT2D eigenvalue weighted by Crippen LogP contribution is 2.30. The van der Waals surface area contributed by atoms with Gasteiger partial charge >= 0.3 is 0 Å². The van der Waals surface area contributed by atoms with E-state index >= 15 is 0 Å². The van der Waals surface area contributed by atoms with E-state index in [9.17, 15) is 8.78 Å². The van der Waals surface area contributed by atoms with Crippen molar-refractivity contribution in [1.82, 2.24) is 0 Å². The summed E-state index contributed by atoms with van der Waals surface area (Å²) < 4.78 is 29.8. The van der Waals surface area contributed by atoms with Crippen molar-refractivity contribution in [2.45, 2.75) is 19.4 Å². The second kappa shape index (κ2) is 4.37. The van der Waals surface area contributed by atoms with E-state index in [1.165, 1.54) is 7.11 Å². The van der Waals surface area contributed by atoms with E-state index in [4.69, 9.17) is 10.5 Å². The molecule has 0 fully saturated rings. The van der Waals surface area contributed by atoms with Crippen molar-refractivity contribution in [3.63, 3.8) is 0 Å². The van der Waals surface area contributed by atoms with Crippen LogP contribution < -0.4 is 10.5 Å². The maximum Gasteiger partial charge on any atom is 0.257 e. The molecule has 0 spiro atoms. The van der Waals surface area contributed by atoms with E-state index in [1.807, 2.05) is 0 Å². The summed E-state index contributed by atoms with van der Waals surface area (Å²) in [6, 6.07) is 3.83. The molecule has 1 rings (SSSR count). The molecule has 1 atom stereocenters. The number of methoxy groups -OCH3 is 1. The van der Waals surface area contributed by atoms with Crippen LogP contribution in [0.25, 0.3) is 0 Å². The number of nitrogens with two attached hydrogens (primary N) is 1. The van der Waals surface area contributed by atoms with Gasteiger partial charge in [-0.05, 0) is 18.6 Å². The number of alkyl halides is 2. The van der Waals surface area contributed by atoms with Crippen LogP contribution in [0.5, 0.6) is 5.75 Å². The van der Waals surface area contributed by atoms with Gasteiger partial charge in [-0.3, -0.25) is 0 Å². The average molecular weight is 201 g/mol. The third kappa shape index (κ3) is 2.01. The zero-order valence-corrected chi connectivity index (χ0v) is 8.13. The Morgan fingerprint density at radius 3 is 2.50 bits per heavy atom. The van der Waals surface area contributed by atoms with Crippen LogP contribution in [-0.4, -0.2) is 13.5 Å². The van der Waals surface area contributed by atoms with Gasteiger partial charge in [-0.25, -0.2) is 8.78 Å². The summed E-state index contributed by atoms with van der Waals surface area (Å²) in [5.41, 5.74) is 6.48. The summed E-state index contributed by atoms with van der Waals surface area (Å²) in [6.45, 7) is 1.74. The first kappa shape index (κ1) is 10.9. The summed E-state index contributed by atoms with van der Waals surface area (Å²) in [5.74, 6) is 0.415. The monoisotopic (exact) mass is 201 g/mol. The third-order valence-electron chi connectivity index (χ3n) is 2.11. The molecule has 0 saturated carbocycles. The molecule has 0 bridgehead atoms. The van der Waals surface area contributed by atoms with E-state index < -0.39 is 12.5 Å². The van der Waals surface area contributed by atoms with E-state index in [2.05, 4.69) is 0 Å². The van der Waals surface area contributed by atoms with Gasteiger partial charge in [-0.2, -0.15) is 0 Å². The molecule has 2 N–H and O–H groups in total. The maximum absolute atomic E-state index is 12.4. The van der Waals surface area contributed by atoms with E-state index in [-0.39, 0.29) is 0 Å². The Morgan fingerprint density at radius 2 is 2.00 bits per heavy atom. The maximum atomic E-state index is 12.4. The second-order valence-electron chi connectivity index (χ2n) is 3.05. The van der Waals surface area contributed by atoms with Gasteiger partial charge in [0.25, 0.3) is 6.43 Å². The molecule has 0 aromatic heterocycles. The van der Waals surface area contributed by atoms with Crippen molar-refractivity contribution in [2.75, 3.05) is 7.11 Å². The van der Waals surface area contributed by atoms with Crippen molar-refractivity contribution < 1.29 is 13.5 Å². The lowest BCUT2D eigenvalue weighted by atomic mass is 10.0. The summed E-state index contributed by atoms with van der Waals surface area (Å²) in [4.78, 5) is 0. The highest BCUT2D eigenvalue weighted by molar-refractivity contribution is 5.42. The minimum absolute atomic E-state index is 0.380. The standard InChI is InChI=1S/C10H13F2NO/c1-6-4-3-5-7(14-2)8(6)9(13)10(11)12/h3-5,9-10H,13H2,1-2H3. The lowest BCUT2D eigenvalue weighted by molar-refractivity contribution is 0.115. The molecule has 4 heteroatoms. The minimum atomic E-state index is -2.58. The van der Waals surface area contributed by atoms with Gasteiger partial charge in [0, 0.05) is 5.56 Å². The van der Waals surface area contributed by atoms with Crippen LogP contribution in [0.2, 0.25) is 0 Å². The molecule has 0 radical (unpaired) electrons. The van der Waals surface area contributed by atoms with Gasteiger partial charge < -0.3 is 10.5 Å². The first-order chi connectivity index (χ1) is 6.57. The van der Waals surface area contributed by atoms with Crippen molar-refractivity contribution in [3.05, 3.63) is 29.3 Å². The van der Waals surface area contributed by atoms with Crippen LogP contribution in [0.1, 0.15) is 17.2 Å². The Hall–Kier alpha value is -1.16. The molecule has 1 aromatic carbocycles. The number of ether oxygens (including phenoxy) is 1. The number of aryl methyl sites for hydroxylation is 1. The molecule has 0 saturated heterocycles. The SMILES string of the molecule is COc1cccc(C)c1C(N)C(F)F. The van der Waals surface area contributed by atoms with E-state index in [0.29, 0.717) is 11.3 Å². The van der Waals surface area contributed by atoms with Crippen LogP contribution in [-0.2, 0) is 0 Å². The van der Waals surface area contributed by atoms with E-state index in [1.54, 1.807) is 25.1 Å². The topological polar surface area (TPSA) is 35.2 Å². The average Bonchev–Trinajstić information content (AvgIpc) is 2.16. The van der Waals surface area contributed by atoms with E-state index in [0.717, 1.165) is 5.56 Å². The Morgan fingerprint density at radius 1 is 1.36 bits per heavy atom. The zero-order valence-electron chi connectivity index (χ0n) is 8.13. The molecule has 0 aliphatic rings. The fourth-order valence-electron chi connectivity index (χ4n) is 1.38. The summed E-state index contributed by atoms with van der Waals surface area (Å²) in [6.07, 6.45) is -2.58. The van der Waals surface area contributed by atoms with Crippen LogP contribution >= 0.6 is 0 Å². The van der Waals surface area contributed by atoms with Crippen LogP contribution in [0, 0.1) is 6.92 Å². The molecule has 1 aromatic rings. The number of halogens is 2. The van der Waals surface area contributed by atoms with Crippen molar-refractivity contribution in [1.29, 1.82) is 0 Å². The van der Waals surface area contributed by atoms with Crippen LogP contribution in [0.4, 0.5) is 8.78 Å². The zero-order chi connectivity index (χ0) is 10.7. The minimum Gasteiger partial charge on any atom is -0.496 e. The molecule has 14 heavy (non-hydrogen) atoms. The molecule has 0 aliphatic heterocycles. The number of hydrogen-bond donors (Lipinski definition) is 1. The summed E-state index contributed by atoms with van der Waals surface area (Å²) in [7, 11) is 1.44. The lowest BCUT2D eigenvalue weighted by Crippen LogP contribution is -2.20. The number of rotatable bonds is 3. The highest BCUT2D eigenvalue weighted by atomic mass is 19.3. The highest BCUT2D eigenvalue weighted by Gasteiger charge is 2.22. The van der Waals surface area contributed by atoms with Gasteiger partial charge in [0.05, 0.1) is 13.2 Å². The second-order valence-corrected chi connectivity index (χ2v) is 3.05. The fourth-order valence-corrected chi connectivity index (χ4v) is 1.38. The van der Waals surface area contributed by atoms with Gasteiger partial charge in [-0.15, -0.1) is 0 Å². The molecule has 2 nitrogen and oxygen atoms in total. The number of hydrogen-bond acceptors (Lipinski definition) is 2. The molecule has 0 aliphatic carbocycles. The Bertz CT molecular complexity index is 315. The quantitative estimate of drug-likeness (QED) is 0.814. The van der Waals surface area contributed by atoms with Gasteiger partial charge in [-0.1, -0.05) is 12.1 Å². The normalized spacial score (nSPS) is 13.0. The Balaban J connectivity index is 3.16. The Labute approximate surface area is 81.7 Å². The van der Waals surface area contributed by atoms with Gasteiger partial charge in [0.1, 0.15) is 5.75 Å². The molecule has 78 valence electrons. The molecular weight excluding hydrogens is 188 g/mol. The third-order valence-corrected chi connectivity index (χ3v) is 2.11. The largest absolute Gasteiger partial charge is 0.496 e. The van der Waals surface area contributed by atoms with Gasteiger partial charge in [0.15, 0.2) is 0 Å². The summed E-state index contributed by atoms with van der Waals surface area (Å²) in [5, 5.41) is 0. The first-order valence-corrected chi connectivity index (χ1v) is 4.25. The van der Waals surface area contributed by atoms with Crippen LogP contribution in [0.3, 0.4) is 0 Å². The fraction of sp³-hybridized carbons (Fsp3) is 0.400. The van der Waals surface area contributed by atoms with Crippen molar-refractivity contribution in [3.8, 4) is 5.75 Å². The Kier molecular flexibility index (Phi) is 3.41. The van der Waals surface area contributed by atoms with Crippen LogP contribution in [0.15, 0.2) is 18.2 Å². The number of benzene rings is 1.